The van der Waals surface area contributed by atoms with E-state index in [1.54, 1.807) is 0 Å². The number of benzene rings is 2. The van der Waals surface area contributed by atoms with Gasteiger partial charge in [0.2, 0.25) is 12.7 Å². The first kappa shape index (κ1) is 13.2. The van der Waals surface area contributed by atoms with Gasteiger partial charge in [-0.1, -0.05) is 31.2 Å². The lowest BCUT2D eigenvalue weighted by Gasteiger charge is -2.26. The van der Waals surface area contributed by atoms with E-state index in [1.807, 2.05) is 12.1 Å². The number of ether oxygens (including phenoxy) is 2. The molecule has 1 N–H and O–H groups in total. The molecule has 112 valence electrons. The first-order chi connectivity index (χ1) is 10.7. The Kier molecular flexibility index (Phi) is 3.03. The molecule has 2 aromatic carbocycles. The summed E-state index contributed by atoms with van der Waals surface area (Å²) in [5, 5.41) is 2.94. The van der Waals surface area contributed by atoms with Crippen molar-refractivity contribution in [2.75, 3.05) is 12.1 Å². The summed E-state index contributed by atoms with van der Waals surface area (Å²) in [4.78, 5) is 12.0. The molecular weight excluding hydrogens is 278 g/mol. The largest absolute Gasteiger partial charge is 0.454 e. The second-order valence-electron chi connectivity index (χ2n) is 5.69. The summed E-state index contributed by atoms with van der Waals surface area (Å²) in [5.41, 5.74) is 4.38. The summed E-state index contributed by atoms with van der Waals surface area (Å²) in [7, 11) is 0. The Morgan fingerprint density at radius 2 is 1.86 bits per heavy atom. The Bertz CT molecular complexity index is 737. The second kappa shape index (κ2) is 5.05. The van der Waals surface area contributed by atoms with Crippen LogP contribution in [0.1, 0.15) is 36.0 Å². The molecule has 0 aliphatic carbocycles. The van der Waals surface area contributed by atoms with Crippen LogP contribution in [0.15, 0.2) is 36.4 Å². The lowest BCUT2D eigenvalue weighted by molar-refractivity contribution is -0.116. The monoisotopic (exact) mass is 295 g/mol. The van der Waals surface area contributed by atoms with E-state index in [0.29, 0.717) is 12.2 Å². The zero-order valence-electron chi connectivity index (χ0n) is 12.4. The average molecular weight is 295 g/mol. The minimum atomic E-state index is 0.0379. The van der Waals surface area contributed by atoms with Crippen molar-refractivity contribution in [2.24, 2.45) is 0 Å². The molecule has 4 heteroatoms. The van der Waals surface area contributed by atoms with Gasteiger partial charge in [-0.3, -0.25) is 4.79 Å². The molecular formula is C18H17NO3. The summed E-state index contributed by atoms with van der Waals surface area (Å²) in [6.45, 7) is 2.38. The van der Waals surface area contributed by atoms with Crippen LogP contribution in [0.25, 0.3) is 0 Å². The predicted octanol–water partition coefficient (Wildman–Crippen LogP) is 3.45. The predicted molar refractivity (Wildman–Crippen MR) is 83.5 cm³/mol. The van der Waals surface area contributed by atoms with Crippen LogP contribution < -0.4 is 14.8 Å². The van der Waals surface area contributed by atoms with Crippen molar-refractivity contribution < 1.29 is 14.3 Å². The molecule has 2 aliphatic heterocycles. The zero-order chi connectivity index (χ0) is 15.1. The maximum absolute atomic E-state index is 12.0. The maximum atomic E-state index is 12.0. The molecule has 0 bridgehead atoms. The molecule has 0 spiro atoms. The van der Waals surface area contributed by atoms with Gasteiger partial charge in [-0.25, -0.2) is 0 Å². The normalized spacial score (nSPS) is 18.8. The summed E-state index contributed by atoms with van der Waals surface area (Å²) < 4.78 is 10.9. The maximum Gasteiger partial charge on any atom is 0.231 e. The molecule has 2 aromatic rings. The zero-order valence-corrected chi connectivity index (χ0v) is 12.4. The van der Waals surface area contributed by atoms with E-state index in [2.05, 4.69) is 36.5 Å². The number of rotatable bonds is 2. The van der Waals surface area contributed by atoms with Crippen molar-refractivity contribution in [3.05, 3.63) is 53.1 Å². The Balaban J connectivity index is 1.79. The molecule has 4 rings (SSSR count). The lowest BCUT2D eigenvalue weighted by Crippen LogP contribution is -2.23. The molecule has 0 saturated carbocycles. The van der Waals surface area contributed by atoms with Gasteiger partial charge in [0.05, 0.1) is 0 Å². The van der Waals surface area contributed by atoms with E-state index in [-0.39, 0.29) is 18.6 Å². The van der Waals surface area contributed by atoms with Crippen LogP contribution in [0.3, 0.4) is 0 Å². The van der Waals surface area contributed by atoms with Crippen molar-refractivity contribution in [3.8, 4) is 11.5 Å². The van der Waals surface area contributed by atoms with Gasteiger partial charge in [0.25, 0.3) is 0 Å². The number of carbonyl (C=O) groups is 1. The topological polar surface area (TPSA) is 47.6 Å². The molecule has 1 atom stereocenters. The SMILES string of the molecule is CCc1ccc([C@H]2CC(=O)Nc3cc4c(cc32)OCO4)cc1. The number of carbonyl (C=O) groups excluding carboxylic acids is 1. The molecule has 0 radical (unpaired) electrons. The molecule has 0 unspecified atom stereocenters. The summed E-state index contributed by atoms with van der Waals surface area (Å²) >= 11 is 0. The van der Waals surface area contributed by atoms with Gasteiger partial charge in [0.1, 0.15) is 0 Å². The smallest absolute Gasteiger partial charge is 0.231 e. The van der Waals surface area contributed by atoms with Gasteiger partial charge >= 0.3 is 0 Å². The molecule has 0 saturated heterocycles. The highest BCUT2D eigenvalue weighted by Gasteiger charge is 2.29. The summed E-state index contributed by atoms with van der Waals surface area (Å²) in [6, 6.07) is 12.4. The third-order valence-electron chi connectivity index (χ3n) is 4.37. The van der Waals surface area contributed by atoms with E-state index in [9.17, 15) is 4.79 Å². The van der Waals surface area contributed by atoms with Crippen molar-refractivity contribution in [2.45, 2.75) is 25.7 Å². The lowest BCUT2D eigenvalue weighted by atomic mass is 9.84. The van der Waals surface area contributed by atoms with Crippen molar-refractivity contribution in [1.82, 2.24) is 0 Å². The third kappa shape index (κ3) is 2.11. The van der Waals surface area contributed by atoms with Gasteiger partial charge < -0.3 is 14.8 Å². The molecule has 2 heterocycles. The van der Waals surface area contributed by atoms with E-state index in [4.69, 9.17) is 9.47 Å². The van der Waals surface area contributed by atoms with E-state index >= 15 is 0 Å². The quantitative estimate of drug-likeness (QED) is 0.923. The number of amides is 1. The van der Waals surface area contributed by atoms with Crippen molar-refractivity contribution >= 4 is 11.6 Å². The summed E-state index contributed by atoms with van der Waals surface area (Å²) in [5.74, 6) is 1.55. The van der Waals surface area contributed by atoms with Gasteiger partial charge in [-0.05, 0) is 29.2 Å². The van der Waals surface area contributed by atoms with Crippen LogP contribution in [0, 0.1) is 0 Å². The van der Waals surface area contributed by atoms with E-state index in [0.717, 1.165) is 29.0 Å². The number of aryl methyl sites for hydroxylation is 1. The minimum absolute atomic E-state index is 0.0379. The Morgan fingerprint density at radius 1 is 1.14 bits per heavy atom. The molecule has 2 aliphatic rings. The first-order valence-corrected chi connectivity index (χ1v) is 7.57. The number of hydrogen-bond acceptors (Lipinski definition) is 3. The Hall–Kier alpha value is -2.49. The number of nitrogens with one attached hydrogen (secondary N) is 1. The fourth-order valence-corrected chi connectivity index (χ4v) is 3.13. The molecule has 22 heavy (non-hydrogen) atoms. The van der Waals surface area contributed by atoms with Gasteiger partial charge in [-0.15, -0.1) is 0 Å². The number of anilines is 1. The second-order valence-corrected chi connectivity index (χ2v) is 5.69. The van der Waals surface area contributed by atoms with Crippen LogP contribution in [0.2, 0.25) is 0 Å². The molecule has 0 fully saturated rings. The van der Waals surface area contributed by atoms with Crippen LogP contribution in [-0.2, 0) is 11.2 Å². The highest BCUT2D eigenvalue weighted by molar-refractivity contribution is 5.96. The van der Waals surface area contributed by atoms with Gasteiger partial charge in [-0.2, -0.15) is 0 Å². The Morgan fingerprint density at radius 3 is 2.59 bits per heavy atom. The first-order valence-electron chi connectivity index (χ1n) is 7.57. The van der Waals surface area contributed by atoms with Crippen LogP contribution in [0.4, 0.5) is 5.69 Å². The van der Waals surface area contributed by atoms with E-state index < -0.39 is 0 Å². The van der Waals surface area contributed by atoms with Crippen LogP contribution in [0.5, 0.6) is 11.5 Å². The van der Waals surface area contributed by atoms with Gasteiger partial charge in [0, 0.05) is 24.1 Å². The molecule has 0 aromatic heterocycles. The highest BCUT2D eigenvalue weighted by Crippen LogP contribution is 2.44. The number of hydrogen-bond donors (Lipinski definition) is 1. The third-order valence-corrected chi connectivity index (χ3v) is 4.37. The number of fused-ring (bicyclic) bond motifs is 2. The fraction of sp³-hybridized carbons (Fsp3) is 0.278. The molecule has 4 nitrogen and oxygen atoms in total. The summed E-state index contributed by atoms with van der Waals surface area (Å²) in [6.07, 6.45) is 1.47. The highest BCUT2D eigenvalue weighted by atomic mass is 16.7. The Labute approximate surface area is 129 Å². The van der Waals surface area contributed by atoms with Crippen molar-refractivity contribution in [3.63, 3.8) is 0 Å². The van der Waals surface area contributed by atoms with Crippen LogP contribution in [-0.4, -0.2) is 12.7 Å². The van der Waals surface area contributed by atoms with Crippen molar-refractivity contribution in [1.29, 1.82) is 0 Å². The van der Waals surface area contributed by atoms with E-state index in [1.165, 1.54) is 5.56 Å². The minimum Gasteiger partial charge on any atom is -0.454 e. The standard InChI is InChI=1S/C18H17NO3/c1-2-11-3-5-12(6-4-11)13-8-18(20)19-15-9-17-16(7-14(13)15)21-10-22-17/h3-7,9,13H,2,8,10H2,1H3,(H,19,20)/t13-/m1/s1. The average Bonchev–Trinajstić information content (AvgIpc) is 2.99. The van der Waals surface area contributed by atoms with Gasteiger partial charge in [0.15, 0.2) is 11.5 Å². The fourth-order valence-electron chi connectivity index (χ4n) is 3.13. The van der Waals surface area contributed by atoms with Crippen LogP contribution >= 0.6 is 0 Å². The molecule has 1 amide bonds.